The Balaban J connectivity index is 2.53. The van der Waals surface area contributed by atoms with E-state index in [0.29, 0.717) is 5.57 Å². The van der Waals surface area contributed by atoms with Gasteiger partial charge < -0.3 is 5.11 Å². The van der Waals surface area contributed by atoms with Gasteiger partial charge in [0, 0.05) is 13.6 Å². The highest BCUT2D eigenvalue weighted by molar-refractivity contribution is 14.1. The molecular weight excluding hydrogens is 419 g/mol. The van der Waals surface area contributed by atoms with Crippen molar-refractivity contribution in [3.05, 3.63) is 67.7 Å². The van der Waals surface area contributed by atoms with Crippen molar-refractivity contribution in [3.63, 3.8) is 0 Å². The van der Waals surface area contributed by atoms with E-state index in [1.165, 1.54) is 0 Å². The van der Waals surface area contributed by atoms with Crippen molar-refractivity contribution in [3.8, 4) is 0 Å². The van der Waals surface area contributed by atoms with Gasteiger partial charge in [-0.1, -0.05) is 46.3 Å². The van der Waals surface area contributed by atoms with E-state index in [9.17, 15) is 9.90 Å². The van der Waals surface area contributed by atoms with E-state index >= 15 is 0 Å². The number of hydrogen-bond acceptors (Lipinski definition) is 1. The summed E-state index contributed by atoms with van der Waals surface area (Å²) in [4.78, 5) is 11.5. The molecule has 0 amide bonds. The zero-order chi connectivity index (χ0) is 13.8. The molecule has 0 unspecified atom stereocenters. The molecule has 2 rings (SSSR count). The summed E-state index contributed by atoms with van der Waals surface area (Å²) in [6, 6.07) is 15.0. The van der Waals surface area contributed by atoms with Crippen molar-refractivity contribution < 1.29 is 9.90 Å². The molecule has 0 atom stereocenters. The maximum Gasteiger partial charge on any atom is 0.336 e. The SMILES string of the molecule is O=C(O)/C(=C/c1cccc(Br)c1)c1ccccc1I. The third-order valence-corrected chi connectivity index (χ3v) is 3.99. The molecule has 0 aromatic heterocycles. The molecule has 2 aromatic carbocycles. The molecule has 4 heteroatoms. The van der Waals surface area contributed by atoms with Crippen LogP contribution in [0.15, 0.2) is 53.0 Å². The van der Waals surface area contributed by atoms with Crippen molar-refractivity contribution in [2.75, 3.05) is 0 Å². The second-order valence-corrected chi connectivity index (χ2v) is 5.98. The summed E-state index contributed by atoms with van der Waals surface area (Å²) in [6.07, 6.45) is 1.69. The van der Waals surface area contributed by atoms with Crippen molar-refractivity contribution in [1.82, 2.24) is 0 Å². The molecule has 2 aromatic rings. The van der Waals surface area contributed by atoms with Crippen LogP contribution < -0.4 is 0 Å². The predicted octanol–water partition coefficient (Wildman–Crippen LogP) is 4.68. The quantitative estimate of drug-likeness (QED) is 0.438. The zero-order valence-electron chi connectivity index (χ0n) is 9.81. The van der Waals surface area contributed by atoms with Crippen LogP contribution in [0.1, 0.15) is 11.1 Å². The summed E-state index contributed by atoms with van der Waals surface area (Å²) < 4.78 is 1.84. The zero-order valence-corrected chi connectivity index (χ0v) is 13.6. The van der Waals surface area contributed by atoms with Crippen LogP contribution in [0, 0.1) is 3.57 Å². The average Bonchev–Trinajstić information content (AvgIpc) is 2.37. The molecule has 0 spiro atoms. The first kappa shape index (κ1) is 14.3. The van der Waals surface area contributed by atoms with Crippen molar-refractivity contribution >= 4 is 56.1 Å². The van der Waals surface area contributed by atoms with Gasteiger partial charge in [0.15, 0.2) is 0 Å². The van der Waals surface area contributed by atoms with Crippen molar-refractivity contribution in [2.45, 2.75) is 0 Å². The molecule has 0 aliphatic rings. The average molecular weight is 429 g/mol. The summed E-state index contributed by atoms with van der Waals surface area (Å²) in [5.41, 5.74) is 1.88. The number of aliphatic carboxylic acids is 1. The second-order valence-electron chi connectivity index (χ2n) is 3.90. The lowest BCUT2D eigenvalue weighted by Crippen LogP contribution is -2.01. The number of benzene rings is 2. The van der Waals surface area contributed by atoms with Crippen molar-refractivity contribution in [1.29, 1.82) is 0 Å². The van der Waals surface area contributed by atoms with Gasteiger partial charge in [0.05, 0.1) is 5.57 Å². The van der Waals surface area contributed by atoms with Crippen LogP contribution in [0.5, 0.6) is 0 Å². The minimum atomic E-state index is -0.927. The standard InChI is InChI=1S/C15H10BrIO2/c16-11-5-3-4-10(8-11)9-13(15(18)19)12-6-1-2-7-14(12)17/h1-9H,(H,18,19)/b13-9+. The lowest BCUT2D eigenvalue weighted by Gasteiger charge is -2.06. The Hall–Kier alpha value is -1.14. The highest BCUT2D eigenvalue weighted by atomic mass is 127. The van der Waals surface area contributed by atoms with E-state index in [-0.39, 0.29) is 0 Å². The Morgan fingerprint density at radius 3 is 2.53 bits per heavy atom. The van der Waals surface area contributed by atoms with Crippen LogP contribution in [0.3, 0.4) is 0 Å². The Labute approximate surface area is 133 Å². The first-order valence-electron chi connectivity index (χ1n) is 5.53. The summed E-state index contributed by atoms with van der Waals surface area (Å²) in [5, 5.41) is 9.40. The third-order valence-electron chi connectivity index (χ3n) is 2.55. The predicted molar refractivity (Wildman–Crippen MR) is 88.8 cm³/mol. The number of carbonyl (C=O) groups is 1. The minimum absolute atomic E-state index is 0.295. The van der Waals surface area contributed by atoms with Crippen LogP contribution in [0.4, 0.5) is 0 Å². The van der Waals surface area contributed by atoms with Crippen LogP contribution in [-0.2, 0) is 4.79 Å². The molecule has 0 heterocycles. The van der Waals surface area contributed by atoms with E-state index in [0.717, 1.165) is 19.2 Å². The molecule has 0 fully saturated rings. The molecule has 1 N–H and O–H groups in total. The van der Waals surface area contributed by atoms with Crippen LogP contribution in [-0.4, -0.2) is 11.1 Å². The van der Waals surface area contributed by atoms with Gasteiger partial charge >= 0.3 is 5.97 Å². The first-order chi connectivity index (χ1) is 9.08. The molecular formula is C15H10BrIO2. The molecule has 0 bridgehead atoms. The number of hydrogen-bond donors (Lipinski definition) is 1. The summed E-state index contributed by atoms with van der Waals surface area (Å²) in [7, 11) is 0. The fourth-order valence-electron chi connectivity index (χ4n) is 1.70. The van der Waals surface area contributed by atoms with E-state index in [4.69, 9.17) is 0 Å². The van der Waals surface area contributed by atoms with E-state index in [1.807, 2.05) is 48.5 Å². The van der Waals surface area contributed by atoms with E-state index in [1.54, 1.807) is 6.08 Å². The topological polar surface area (TPSA) is 37.3 Å². The summed E-state index contributed by atoms with van der Waals surface area (Å²) >= 11 is 5.53. The fraction of sp³-hybridized carbons (Fsp3) is 0. The normalized spacial score (nSPS) is 11.4. The van der Waals surface area contributed by atoms with Gasteiger partial charge in [-0.15, -0.1) is 0 Å². The minimum Gasteiger partial charge on any atom is -0.478 e. The second kappa shape index (κ2) is 6.34. The number of rotatable bonds is 3. The monoisotopic (exact) mass is 428 g/mol. The summed E-state index contributed by atoms with van der Waals surface area (Å²) in [6.45, 7) is 0. The third kappa shape index (κ3) is 3.67. The highest BCUT2D eigenvalue weighted by Gasteiger charge is 2.13. The Morgan fingerprint density at radius 1 is 1.16 bits per heavy atom. The number of carboxylic acid groups (broad SMARTS) is 1. The van der Waals surface area contributed by atoms with Crippen LogP contribution in [0.25, 0.3) is 11.6 Å². The van der Waals surface area contributed by atoms with Gasteiger partial charge in [-0.2, -0.15) is 0 Å². The number of carboxylic acids is 1. The molecule has 0 saturated heterocycles. The highest BCUT2D eigenvalue weighted by Crippen LogP contribution is 2.24. The smallest absolute Gasteiger partial charge is 0.336 e. The molecule has 0 aliphatic heterocycles. The Bertz CT molecular complexity index is 650. The number of halogens is 2. The van der Waals surface area contributed by atoms with Gasteiger partial charge in [-0.25, -0.2) is 4.79 Å². The Morgan fingerprint density at radius 2 is 1.89 bits per heavy atom. The Kier molecular flexibility index (Phi) is 4.76. The van der Waals surface area contributed by atoms with Crippen LogP contribution >= 0.6 is 38.5 Å². The first-order valence-corrected chi connectivity index (χ1v) is 7.40. The fourth-order valence-corrected chi connectivity index (χ4v) is 2.79. The molecule has 0 radical (unpaired) electrons. The van der Waals surface area contributed by atoms with E-state index in [2.05, 4.69) is 38.5 Å². The van der Waals surface area contributed by atoms with Crippen molar-refractivity contribution in [2.24, 2.45) is 0 Å². The van der Waals surface area contributed by atoms with Gasteiger partial charge in [-0.05, 0) is 52.4 Å². The lowest BCUT2D eigenvalue weighted by molar-refractivity contribution is -0.130. The molecule has 0 aliphatic carbocycles. The molecule has 19 heavy (non-hydrogen) atoms. The lowest BCUT2D eigenvalue weighted by atomic mass is 10.0. The maximum atomic E-state index is 11.5. The van der Waals surface area contributed by atoms with Gasteiger partial charge in [-0.3, -0.25) is 0 Å². The van der Waals surface area contributed by atoms with Gasteiger partial charge in [0.1, 0.15) is 0 Å². The van der Waals surface area contributed by atoms with E-state index < -0.39 is 5.97 Å². The molecule has 2 nitrogen and oxygen atoms in total. The molecule has 96 valence electrons. The van der Waals surface area contributed by atoms with Gasteiger partial charge in [0.2, 0.25) is 0 Å². The summed E-state index contributed by atoms with van der Waals surface area (Å²) in [5.74, 6) is -0.927. The largest absolute Gasteiger partial charge is 0.478 e. The molecule has 0 saturated carbocycles. The van der Waals surface area contributed by atoms with Crippen LogP contribution in [0.2, 0.25) is 0 Å². The maximum absolute atomic E-state index is 11.5. The van der Waals surface area contributed by atoms with Gasteiger partial charge in [0.25, 0.3) is 0 Å².